The molecule has 1 aromatic carbocycles. The Bertz CT molecular complexity index is 441. The van der Waals surface area contributed by atoms with Crippen molar-refractivity contribution in [2.24, 2.45) is 5.41 Å². The van der Waals surface area contributed by atoms with Gasteiger partial charge in [-0.1, -0.05) is 15.9 Å². The SMILES string of the molecule is CC(=O)c1cc(F)ccc1OCC1(CBr)CC1. The Balaban J connectivity index is 2.12. The number of alkyl halides is 1. The maximum atomic E-state index is 13.0. The second-order valence-electron chi connectivity index (χ2n) is 4.62. The van der Waals surface area contributed by atoms with Crippen molar-refractivity contribution in [1.29, 1.82) is 0 Å². The van der Waals surface area contributed by atoms with Gasteiger partial charge in [0.15, 0.2) is 5.78 Å². The molecule has 1 saturated carbocycles. The van der Waals surface area contributed by atoms with Crippen LogP contribution in [0.15, 0.2) is 18.2 Å². The summed E-state index contributed by atoms with van der Waals surface area (Å²) in [5.74, 6) is -0.113. The second kappa shape index (κ2) is 4.77. The minimum Gasteiger partial charge on any atom is -0.492 e. The predicted molar refractivity (Wildman–Crippen MR) is 67.4 cm³/mol. The third-order valence-electron chi connectivity index (χ3n) is 3.10. The zero-order valence-corrected chi connectivity index (χ0v) is 11.2. The smallest absolute Gasteiger partial charge is 0.163 e. The van der Waals surface area contributed by atoms with E-state index in [1.54, 1.807) is 0 Å². The maximum Gasteiger partial charge on any atom is 0.163 e. The van der Waals surface area contributed by atoms with Crippen LogP contribution in [-0.4, -0.2) is 17.7 Å². The van der Waals surface area contributed by atoms with Crippen molar-refractivity contribution in [2.75, 3.05) is 11.9 Å². The maximum absolute atomic E-state index is 13.0. The lowest BCUT2D eigenvalue weighted by Gasteiger charge is -2.15. The van der Waals surface area contributed by atoms with Crippen molar-refractivity contribution >= 4 is 21.7 Å². The van der Waals surface area contributed by atoms with Crippen molar-refractivity contribution in [3.05, 3.63) is 29.6 Å². The number of ether oxygens (including phenoxy) is 1. The van der Waals surface area contributed by atoms with Gasteiger partial charge in [-0.05, 0) is 38.0 Å². The highest BCUT2D eigenvalue weighted by molar-refractivity contribution is 9.09. The summed E-state index contributed by atoms with van der Waals surface area (Å²) in [6.45, 7) is 1.99. The summed E-state index contributed by atoms with van der Waals surface area (Å²) in [6.07, 6.45) is 2.27. The van der Waals surface area contributed by atoms with Gasteiger partial charge in [0.1, 0.15) is 11.6 Å². The zero-order valence-electron chi connectivity index (χ0n) is 9.63. The van der Waals surface area contributed by atoms with Crippen molar-refractivity contribution < 1.29 is 13.9 Å². The van der Waals surface area contributed by atoms with Gasteiger partial charge in [-0.2, -0.15) is 0 Å². The number of carbonyl (C=O) groups excluding carboxylic acids is 1. The average Bonchev–Trinajstić information content (AvgIpc) is 3.08. The number of Topliss-reactive ketones (excluding diaryl/α,β-unsaturated/α-hetero) is 1. The first-order valence-electron chi connectivity index (χ1n) is 5.56. The van der Waals surface area contributed by atoms with Gasteiger partial charge in [0.25, 0.3) is 0 Å². The highest BCUT2D eigenvalue weighted by Gasteiger charge is 2.42. The Morgan fingerprint density at radius 1 is 1.53 bits per heavy atom. The largest absolute Gasteiger partial charge is 0.492 e. The second-order valence-corrected chi connectivity index (χ2v) is 5.18. The molecule has 2 nitrogen and oxygen atoms in total. The monoisotopic (exact) mass is 300 g/mol. The fourth-order valence-electron chi connectivity index (χ4n) is 1.63. The van der Waals surface area contributed by atoms with Crippen molar-refractivity contribution in [1.82, 2.24) is 0 Å². The number of hydrogen-bond acceptors (Lipinski definition) is 2. The molecule has 0 unspecified atom stereocenters. The van der Waals surface area contributed by atoms with Gasteiger partial charge >= 0.3 is 0 Å². The molecule has 0 aromatic heterocycles. The molecule has 92 valence electrons. The molecule has 1 aliphatic rings. The third-order valence-corrected chi connectivity index (χ3v) is 4.28. The molecule has 0 radical (unpaired) electrons. The van der Waals surface area contributed by atoms with Gasteiger partial charge < -0.3 is 4.74 Å². The van der Waals surface area contributed by atoms with Crippen molar-refractivity contribution in [2.45, 2.75) is 19.8 Å². The van der Waals surface area contributed by atoms with Crippen molar-refractivity contribution in [3.8, 4) is 5.75 Å². The molecule has 1 aliphatic carbocycles. The van der Waals surface area contributed by atoms with Gasteiger partial charge in [-0.25, -0.2) is 4.39 Å². The lowest BCUT2D eigenvalue weighted by atomic mass is 10.1. The number of hydrogen-bond donors (Lipinski definition) is 0. The van der Waals surface area contributed by atoms with E-state index in [0.717, 1.165) is 18.2 Å². The minimum absolute atomic E-state index is 0.178. The predicted octanol–water partition coefficient (Wildman–Crippen LogP) is 3.58. The summed E-state index contributed by atoms with van der Waals surface area (Å²) in [6, 6.07) is 4.07. The van der Waals surface area contributed by atoms with Crippen LogP contribution in [-0.2, 0) is 0 Å². The van der Waals surface area contributed by atoms with E-state index in [1.807, 2.05) is 0 Å². The van der Waals surface area contributed by atoms with Gasteiger partial charge in [-0.3, -0.25) is 4.79 Å². The van der Waals surface area contributed by atoms with E-state index in [-0.39, 0.29) is 11.2 Å². The van der Waals surface area contributed by atoms with Crippen LogP contribution in [0.25, 0.3) is 0 Å². The number of rotatable bonds is 5. The van der Waals surface area contributed by atoms with Crippen LogP contribution < -0.4 is 4.74 Å². The van der Waals surface area contributed by atoms with Crippen LogP contribution in [0.5, 0.6) is 5.75 Å². The van der Waals surface area contributed by atoms with Gasteiger partial charge in [0.2, 0.25) is 0 Å². The highest BCUT2D eigenvalue weighted by atomic mass is 79.9. The molecule has 1 fully saturated rings. The molecule has 0 N–H and O–H groups in total. The average molecular weight is 301 g/mol. The Hall–Kier alpha value is -0.900. The first-order valence-corrected chi connectivity index (χ1v) is 6.68. The molecule has 1 aromatic rings. The summed E-state index contributed by atoms with van der Waals surface area (Å²) in [7, 11) is 0. The molecule has 0 saturated heterocycles. The molecular formula is C13H14BrFO2. The Morgan fingerprint density at radius 2 is 2.24 bits per heavy atom. The molecule has 0 spiro atoms. The molecule has 0 bridgehead atoms. The number of benzene rings is 1. The van der Waals surface area contributed by atoms with E-state index >= 15 is 0 Å². The first-order chi connectivity index (χ1) is 8.06. The van der Waals surface area contributed by atoms with Crippen LogP contribution in [0.3, 0.4) is 0 Å². The lowest BCUT2D eigenvalue weighted by molar-refractivity contribution is 0.101. The van der Waals surface area contributed by atoms with Crippen LogP contribution in [0.2, 0.25) is 0 Å². The summed E-state index contributed by atoms with van der Waals surface area (Å²) in [5, 5.41) is 0.899. The van der Waals surface area contributed by atoms with Crippen molar-refractivity contribution in [3.63, 3.8) is 0 Å². The quantitative estimate of drug-likeness (QED) is 0.614. The topological polar surface area (TPSA) is 26.3 Å². The van der Waals surface area contributed by atoms with Gasteiger partial charge in [-0.15, -0.1) is 0 Å². The Labute approximate surface area is 108 Å². The minimum atomic E-state index is -0.413. The number of ketones is 1. The van der Waals surface area contributed by atoms with Crippen LogP contribution in [0.4, 0.5) is 4.39 Å². The van der Waals surface area contributed by atoms with Crippen LogP contribution >= 0.6 is 15.9 Å². The zero-order chi connectivity index (χ0) is 12.5. The first kappa shape index (κ1) is 12.6. The van der Waals surface area contributed by atoms with Crippen LogP contribution in [0, 0.1) is 11.2 Å². The normalized spacial score (nSPS) is 16.6. The Kier molecular flexibility index (Phi) is 3.52. The van der Waals surface area contributed by atoms with Gasteiger partial charge in [0, 0.05) is 10.7 Å². The third kappa shape index (κ3) is 2.86. The van der Waals surface area contributed by atoms with E-state index in [4.69, 9.17) is 4.74 Å². The lowest BCUT2D eigenvalue weighted by Crippen LogP contribution is -2.15. The van der Waals surface area contributed by atoms with E-state index < -0.39 is 5.82 Å². The summed E-state index contributed by atoms with van der Waals surface area (Å²) in [5.41, 5.74) is 0.526. The van der Waals surface area contributed by atoms with E-state index in [1.165, 1.54) is 25.1 Å². The standard InChI is InChI=1S/C13H14BrFO2/c1-9(16)11-6-10(15)2-3-12(11)17-8-13(7-14)4-5-13/h2-3,6H,4-5,7-8H2,1H3. The molecule has 0 heterocycles. The molecule has 4 heteroatoms. The van der Waals surface area contributed by atoms with E-state index in [0.29, 0.717) is 17.9 Å². The van der Waals surface area contributed by atoms with E-state index in [2.05, 4.69) is 15.9 Å². The summed E-state index contributed by atoms with van der Waals surface area (Å²) in [4.78, 5) is 11.4. The van der Waals surface area contributed by atoms with Gasteiger partial charge in [0.05, 0.1) is 12.2 Å². The molecule has 2 rings (SSSR count). The van der Waals surface area contributed by atoms with Crippen LogP contribution in [0.1, 0.15) is 30.1 Å². The summed E-state index contributed by atoms with van der Waals surface area (Å²) < 4.78 is 18.7. The fourth-order valence-corrected chi connectivity index (χ4v) is 2.35. The number of halogens is 2. The summed E-state index contributed by atoms with van der Waals surface area (Å²) >= 11 is 3.46. The molecule has 0 atom stereocenters. The Morgan fingerprint density at radius 3 is 2.76 bits per heavy atom. The molecule has 17 heavy (non-hydrogen) atoms. The fraction of sp³-hybridized carbons (Fsp3) is 0.462. The molecule has 0 aliphatic heterocycles. The highest BCUT2D eigenvalue weighted by Crippen LogP contribution is 2.47. The van der Waals surface area contributed by atoms with E-state index in [9.17, 15) is 9.18 Å². The number of carbonyl (C=O) groups is 1. The molecule has 0 amide bonds. The molecular weight excluding hydrogens is 287 g/mol.